The van der Waals surface area contributed by atoms with E-state index in [1.165, 1.54) is 37.0 Å². The van der Waals surface area contributed by atoms with Crippen LogP contribution in [0.2, 0.25) is 0 Å². The molecule has 0 aliphatic carbocycles. The van der Waals surface area contributed by atoms with Crippen LogP contribution >= 0.6 is 11.3 Å². The van der Waals surface area contributed by atoms with Crippen molar-refractivity contribution in [2.24, 2.45) is 5.10 Å². The van der Waals surface area contributed by atoms with Gasteiger partial charge >= 0.3 is 5.97 Å². The maximum Gasteiger partial charge on any atom is 0.379 e. The highest BCUT2D eigenvalue weighted by Crippen LogP contribution is 2.28. The number of hydrogen-bond acceptors (Lipinski definition) is 7. The minimum Gasteiger partial charge on any atom is -0.493 e. The largest absolute Gasteiger partial charge is 0.493 e. The second-order valence-electron chi connectivity index (χ2n) is 4.95. The molecule has 2 heterocycles. The fourth-order valence-corrected chi connectivity index (χ4v) is 2.64. The van der Waals surface area contributed by atoms with E-state index >= 15 is 0 Å². The zero-order valence-electron chi connectivity index (χ0n) is 13.7. The molecule has 1 N–H and O–H groups in total. The van der Waals surface area contributed by atoms with E-state index in [-0.39, 0.29) is 17.4 Å². The van der Waals surface area contributed by atoms with E-state index in [2.05, 4.69) is 10.5 Å². The molecule has 0 aliphatic heterocycles. The number of thiophene rings is 1. The lowest BCUT2D eigenvalue weighted by atomic mass is 10.2. The summed E-state index contributed by atoms with van der Waals surface area (Å²) >= 11 is 1.33. The number of rotatable bonds is 6. The summed E-state index contributed by atoms with van der Waals surface area (Å²) in [7, 11) is 1.46. The number of amides is 1. The molecule has 132 valence electrons. The molecule has 0 fully saturated rings. The first-order chi connectivity index (χ1) is 12.7. The van der Waals surface area contributed by atoms with Gasteiger partial charge in [0, 0.05) is 0 Å². The van der Waals surface area contributed by atoms with E-state index in [0.29, 0.717) is 16.2 Å². The summed E-state index contributed by atoms with van der Waals surface area (Å²) in [5, 5.41) is 5.72. The lowest BCUT2D eigenvalue weighted by molar-refractivity contribution is 0.0696. The molecule has 0 bridgehead atoms. The quantitative estimate of drug-likeness (QED) is 0.311. The Kier molecular flexibility index (Phi) is 5.45. The Morgan fingerprint density at radius 3 is 2.77 bits per heavy atom. The predicted octanol–water partition coefficient (Wildman–Crippen LogP) is 3.33. The number of furan rings is 1. The third-order valence-electron chi connectivity index (χ3n) is 3.24. The van der Waals surface area contributed by atoms with Crippen LogP contribution in [-0.4, -0.2) is 25.2 Å². The Balaban J connectivity index is 1.67. The Morgan fingerprint density at radius 1 is 1.19 bits per heavy atom. The molecule has 0 unspecified atom stereocenters. The van der Waals surface area contributed by atoms with Crippen LogP contribution in [0.15, 0.2) is 63.6 Å². The number of carbonyl (C=O) groups excluding carboxylic acids is 2. The molecule has 1 amide bonds. The molecular weight excluding hydrogens is 356 g/mol. The van der Waals surface area contributed by atoms with Gasteiger partial charge in [-0.25, -0.2) is 10.2 Å². The van der Waals surface area contributed by atoms with Crippen molar-refractivity contribution < 1.29 is 23.5 Å². The van der Waals surface area contributed by atoms with Gasteiger partial charge < -0.3 is 13.9 Å². The zero-order chi connectivity index (χ0) is 18.4. The highest BCUT2D eigenvalue weighted by Gasteiger charge is 2.14. The normalized spacial score (nSPS) is 10.7. The van der Waals surface area contributed by atoms with Crippen LogP contribution in [0.3, 0.4) is 0 Å². The van der Waals surface area contributed by atoms with Crippen LogP contribution < -0.4 is 14.9 Å². The SMILES string of the molecule is COc1cc(/C=N\NC(=O)c2cccs2)ccc1OC(=O)c1ccco1. The molecule has 0 saturated carbocycles. The smallest absolute Gasteiger partial charge is 0.379 e. The molecule has 1 aromatic carbocycles. The Labute approximate surface area is 152 Å². The van der Waals surface area contributed by atoms with E-state index in [9.17, 15) is 9.59 Å². The number of benzene rings is 1. The van der Waals surface area contributed by atoms with Crippen molar-refractivity contribution in [3.8, 4) is 11.5 Å². The van der Waals surface area contributed by atoms with E-state index in [1.54, 1.807) is 36.4 Å². The van der Waals surface area contributed by atoms with Crippen molar-refractivity contribution in [3.05, 3.63) is 70.3 Å². The van der Waals surface area contributed by atoms with Gasteiger partial charge in [-0.2, -0.15) is 5.10 Å². The fourth-order valence-electron chi connectivity index (χ4n) is 2.02. The molecule has 0 aliphatic rings. The number of esters is 1. The summed E-state index contributed by atoms with van der Waals surface area (Å²) in [5.74, 6) is -0.230. The van der Waals surface area contributed by atoms with Crippen LogP contribution in [0, 0.1) is 0 Å². The van der Waals surface area contributed by atoms with Gasteiger partial charge in [-0.15, -0.1) is 11.3 Å². The van der Waals surface area contributed by atoms with Crippen LogP contribution in [0.25, 0.3) is 0 Å². The summed E-state index contributed by atoms with van der Waals surface area (Å²) in [6.45, 7) is 0. The van der Waals surface area contributed by atoms with Gasteiger partial charge in [0.2, 0.25) is 5.76 Å². The number of carbonyl (C=O) groups is 2. The van der Waals surface area contributed by atoms with Crippen molar-refractivity contribution in [2.45, 2.75) is 0 Å². The third kappa shape index (κ3) is 4.17. The summed E-state index contributed by atoms with van der Waals surface area (Å²) < 4.78 is 15.5. The summed E-state index contributed by atoms with van der Waals surface area (Å²) in [5.41, 5.74) is 3.10. The van der Waals surface area contributed by atoms with Gasteiger partial charge in [-0.1, -0.05) is 6.07 Å². The second kappa shape index (κ2) is 8.13. The molecule has 2 aromatic heterocycles. The fraction of sp³-hybridized carbons (Fsp3) is 0.0556. The monoisotopic (exact) mass is 370 g/mol. The predicted molar refractivity (Wildman–Crippen MR) is 96.0 cm³/mol. The van der Waals surface area contributed by atoms with E-state index in [0.717, 1.165) is 0 Å². The molecule has 0 spiro atoms. The van der Waals surface area contributed by atoms with Crippen LogP contribution in [0.4, 0.5) is 0 Å². The Bertz CT molecular complexity index is 917. The third-order valence-corrected chi connectivity index (χ3v) is 4.11. The van der Waals surface area contributed by atoms with Crippen molar-refractivity contribution in [1.29, 1.82) is 0 Å². The average Bonchev–Trinajstić information content (AvgIpc) is 3.36. The first-order valence-corrected chi connectivity index (χ1v) is 8.36. The molecule has 0 atom stereocenters. The van der Waals surface area contributed by atoms with Crippen LogP contribution in [0.5, 0.6) is 11.5 Å². The number of methoxy groups -OCH3 is 1. The molecule has 8 heteroatoms. The van der Waals surface area contributed by atoms with E-state index in [4.69, 9.17) is 13.9 Å². The van der Waals surface area contributed by atoms with Crippen molar-refractivity contribution in [3.63, 3.8) is 0 Å². The zero-order valence-corrected chi connectivity index (χ0v) is 14.5. The highest BCUT2D eigenvalue weighted by molar-refractivity contribution is 7.12. The minimum absolute atomic E-state index is 0.0916. The molecule has 0 saturated heterocycles. The van der Waals surface area contributed by atoms with Gasteiger partial charge in [-0.3, -0.25) is 4.79 Å². The average molecular weight is 370 g/mol. The molecule has 3 rings (SSSR count). The molecule has 0 radical (unpaired) electrons. The first kappa shape index (κ1) is 17.4. The van der Waals surface area contributed by atoms with Gasteiger partial charge in [-0.05, 0) is 47.3 Å². The molecule has 26 heavy (non-hydrogen) atoms. The minimum atomic E-state index is -0.627. The van der Waals surface area contributed by atoms with Crippen molar-refractivity contribution >= 4 is 29.4 Å². The number of hydrogen-bond donors (Lipinski definition) is 1. The molecule has 7 nitrogen and oxygen atoms in total. The van der Waals surface area contributed by atoms with Gasteiger partial charge in [0.25, 0.3) is 5.91 Å². The van der Waals surface area contributed by atoms with Gasteiger partial charge in [0.05, 0.1) is 24.5 Å². The van der Waals surface area contributed by atoms with Gasteiger partial charge in [0.15, 0.2) is 11.5 Å². The Hall–Kier alpha value is -3.39. The number of ether oxygens (including phenoxy) is 2. The summed E-state index contributed by atoms with van der Waals surface area (Å²) in [4.78, 5) is 24.3. The summed E-state index contributed by atoms with van der Waals surface area (Å²) in [6, 6.07) is 11.5. The second-order valence-corrected chi connectivity index (χ2v) is 5.90. The van der Waals surface area contributed by atoms with E-state index in [1.807, 2.05) is 5.38 Å². The lowest BCUT2D eigenvalue weighted by Crippen LogP contribution is -2.16. The maximum atomic E-state index is 11.9. The Morgan fingerprint density at radius 2 is 2.08 bits per heavy atom. The maximum absolute atomic E-state index is 11.9. The summed E-state index contributed by atoms with van der Waals surface area (Å²) in [6.07, 6.45) is 2.85. The molecular formula is C18H14N2O5S. The van der Waals surface area contributed by atoms with Gasteiger partial charge in [0.1, 0.15) is 0 Å². The topological polar surface area (TPSA) is 90.1 Å². The standard InChI is InChI=1S/C18H14N2O5S/c1-23-15-10-12(11-19-20-17(21)16-5-3-9-26-16)6-7-13(15)25-18(22)14-4-2-8-24-14/h2-11H,1H3,(H,20,21)/b19-11-. The van der Waals surface area contributed by atoms with Crippen molar-refractivity contribution in [2.75, 3.05) is 7.11 Å². The molecule has 3 aromatic rings. The number of nitrogens with one attached hydrogen (secondary N) is 1. The van der Waals surface area contributed by atoms with Crippen LogP contribution in [0.1, 0.15) is 25.8 Å². The van der Waals surface area contributed by atoms with Crippen molar-refractivity contribution in [1.82, 2.24) is 5.43 Å². The highest BCUT2D eigenvalue weighted by atomic mass is 32.1. The number of nitrogens with zero attached hydrogens (tertiary/aromatic N) is 1. The van der Waals surface area contributed by atoms with E-state index < -0.39 is 5.97 Å². The lowest BCUT2D eigenvalue weighted by Gasteiger charge is -2.08. The van der Waals surface area contributed by atoms with Crippen LogP contribution in [-0.2, 0) is 0 Å². The first-order valence-electron chi connectivity index (χ1n) is 7.48. The number of hydrazone groups is 1.